The molecular weight excluding hydrogens is 462 g/mol. The first kappa shape index (κ1) is 26.7. The fourth-order valence-corrected chi connectivity index (χ4v) is 5.36. The quantitative estimate of drug-likeness (QED) is 0.606. The number of benzene rings is 2. The Bertz CT molecular complexity index is 1060. The molecule has 5 nitrogen and oxygen atoms in total. The second-order valence-corrected chi connectivity index (χ2v) is 11.1. The summed E-state index contributed by atoms with van der Waals surface area (Å²) >= 11 is 0. The van der Waals surface area contributed by atoms with Gasteiger partial charge in [-0.1, -0.05) is 12.1 Å². The first-order valence-electron chi connectivity index (χ1n) is 13.1. The molecule has 2 aromatic carbocycles. The van der Waals surface area contributed by atoms with E-state index in [0.717, 1.165) is 49.2 Å². The molecule has 2 atom stereocenters. The summed E-state index contributed by atoms with van der Waals surface area (Å²) in [5.41, 5.74) is 1.44. The van der Waals surface area contributed by atoms with Crippen molar-refractivity contribution in [3.8, 4) is 16.9 Å². The summed E-state index contributed by atoms with van der Waals surface area (Å²) in [6, 6.07) is 10.5. The number of amides is 1. The number of aliphatic hydroxyl groups is 1. The van der Waals surface area contributed by atoms with E-state index < -0.39 is 17.6 Å². The molecule has 2 heterocycles. The molecule has 2 fully saturated rings. The molecule has 7 heteroatoms. The van der Waals surface area contributed by atoms with Gasteiger partial charge in [-0.05, 0) is 106 Å². The molecule has 0 aliphatic carbocycles. The molecule has 0 aromatic heterocycles. The Labute approximate surface area is 213 Å². The number of carbonyl (C=O) groups excluding carboxylic acids is 1. The third kappa shape index (κ3) is 6.90. The monoisotopic (exact) mass is 501 g/mol. The van der Waals surface area contributed by atoms with Crippen LogP contribution < -0.4 is 9.64 Å². The summed E-state index contributed by atoms with van der Waals surface area (Å²) in [5, 5.41) is 9.85. The van der Waals surface area contributed by atoms with Gasteiger partial charge < -0.3 is 14.7 Å². The Morgan fingerprint density at radius 3 is 2.47 bits per heavy atom. The number of alkyl halides is 1. The second kappa shape index (κ2) is 11.4. The average Bonchev–Trinajstić information content (AvgIpc) is 2.83. The highest BCUT2D eigenvalue weighted by Gasteiger charge is 2.30. The number of rotatable bonds is 7. The number of halogens is 2. The minimum atomic E-state index is -1.17. The standard InChI is InChI=1S/C29H38F2N2O3/c1-20-15-22(7-9-27(20)36-18-21-10-13-32(14-11-21)19-29(2,3)31)23-6-8-25(26(30)16-23)28(35)33-12-4-5-24(34)17-33/h6-9,15-16,21,24,34H,4-5,10-14,17-19H2,1-3H3/p+1/t24-/m1/s1. The molecule has 0 saturated carbocycles. The van der Waals surface area contributed by atoms with Crippen LogP contribution in [0.25, 0.3) is 11.1 Å². The predicted octanol–water partition coefficient (Wildman–Crippen LogP) is 3.82. The van der Waals surface area contributed by atoms with Crippen molar-refractivity contribution in [2.24, 2.45) is 5.92 Å². The average molecular weight is 502 g/mol. The smallest absolute Gasteiger partial charge is 0.347 e. The topological polar surface area (TPSA) is 54.2 Å². The van der Waals surface area contributed by atoms with E-state index in [2.05, 4.69) is 4.90 Å². The first-order valence-corrected chi connectivity index (χ1v) is 13.1. The number of aryl methyl sites for hydroxylation is 1. The fraction of sp³-hybridized carbons (Fsp3) is 0.552. The zero-order chi connectivity index (χ0) is 25.9. The molecular formula is C29H39F2N2O3+. The largest absolute Gasteiger partial charge is 0.493 e. The minimum absolute atomic E-state index is 0.0700. The van der Waals surface area contributed by atoms with Gasteiger partial charge in [-0.3, -0.25) is 4.90 Å². The zero-order valence-electron chi connectivity index (χ0n) is 21.7. The van der Waals surface area contributed by atoms with Gasteiger partial charge in [0, 0.05) is 6.54 Å². The van der Waals surface area contributed by atoms with Crippen LogP contribution in [0.2, 0.25) is 0 Å². The summed E-state index contributed by atoms with van der Waals surface area (Å²) < 4.78 is 34.9. The molecule has 36 heavy (non-hydrogen) atoms. The lowest BCUT2D eigenvalue weighted by molar-refractivity contribution is -0.824. The van der Waals surface area contributed by atoms with Gasteiger partial charge in [0.25, 0.3) is 0 Å². The number of quaternary nitrogens is 1. The number of hydrogen-bond donors (Lipinski definition) is 2. The van der Waals surface area contributed by atoms with Crippen LogP contribution in [0.5, 0.6) is 5.75 Å². The van der Waals surface area contributed by atoms with Crippen LogP contribution in [0.3, 0.4) is 0 Å². The van der Waals surface area contributed by atoms with Gasteiger partial charge >= 0.3 is 5.91 Å². The molecule has 0 bridgehead atoms. The van der Waals surface area contributed by atoms with E-state index >= 15 is 0 Å². The summed E-state index contributed by atoms with van der Waals surface area (Å²) in [6.07, 6.45) is 2.93. The number of piperidine rings is 2. The molecule has 2 aliphatic rings. The molecule has 196 valence electrons. The summed E-state index contributed by atoms with van der Waals surface area (Å²) in [6.45, 7) is 9.06. The molecule has 2 aliphatic heterocycles. The predicted molar refractivity (Wildman–Crippen MR) is 137 cm³/mol. The van der Waals surface area contributed by atoms with Gasteiger partial charge in [-0.25, -0.2) is 13.6 Å². The Balaban J connectivity index is 1.34. The maximum absolute atomic E-state index is 14.9. The van der Waals surface area contributed by atoms with Crippen LogP contribution in [0.15, 0.2) is 36.4 Å². The molecule has 0 spiro atoms. The van der Waals surface area contributed by atoms with Gasteiger partial charge in [0.05, 0.1) is 13.2 Å². The number of carbonyl (C=O) groups is 1. The Morgan fingerprint density at radius 2 is 1.83 bits per heavy atom. The van der Waals surface area contributed by atoms with E-state index in [0.29, 0.717) is 49.0 Å². The number of likely N-dealkylation sites (tertiary alicyclic amines) is 2. The molecule has 4 rings (SSSR count). The lowest BCUT2D eigenvalue weighted by atomic mass is 9.96. The van der Waals surface area contributed by atoms with E-state index in [1.165, 1.54) is 6.07 Å². The third-order valence-electron chi connectivity index (χ3n) is 7.32. The molecule has 2 saturated heterocycles. The Morgan fingerprint density at radius 1 is 1.14 bits per heavy atom. The Kier molecular flexibility index (Phi) is 8.43. The maximum atomic E-state index is 14.9. The van der Waals surface area contributed by atoms with Crippen LogP contribution >= 0.6 is 0 Å². The zero-order valence-corrected chi connectivity index (χ0v) is 21.7. The van der Waals surface area contributed by atoms with Gasteiger partial charge in [0.15, 0.2) is 0 Å². The van der Waals surface area contributed by atoms with Gasteiger partial charge in [0.2, 0.25) is 0 Å². The Hall–Kier alpha value is -2.35. The number of ether oxygens (including phenoxy) is 1. The van der Waals surface area contributed by atoms with Gasteiger partial charge in [-0.2, -0.15) is 0 Å². The van der Waals surface area contributed by atoms with Gasteiger partial charge in [0.1, 0.15) is 35.4 Å². The summed E-state index contributed by atoms with van der Waals surface area (Å²) in [7, 11) is 0. The van der Waals surface area contributed by atoms with Crippen molar-refractivity contribution >= 4 is 5.91 Å². The maximum Gasteiger partial charge on any atom is 0.347 e. The van der Waals surface area contributed by atoms with E-state index in [4.69, 9.17) is 4.74 Å². The molecule has 2 N–H and O–H groups in total. The highest BCUT2D eigenvalue weighted by Crippen LogP contribution is 2.29. The first-order chi connectivity index (χ1) is 17.1. The van der Waals surface area contributed by atoms with Crippen molar-refractivity contribution < 1.29 is 28.3 Å². The van der Waals surface area contributed by atoms with Crippen molar-refractivity contribution in [2.45, 2.75) is 58.2 Å². The summed E-state index contributed by atoms with van der Waals surface area (Å²) in [4.78, 5) is 15.6. The normalized spacial score (nSPS) is 21.9. The fourth-order valence-electron chi connectivity index (χ4n) is 5.36. The second-order valence-electron chi connectivity index (χ2n) is 11.1. The van der Waals surface area contributed by atoms with Crippen LogP contribution in [0.1, 0.15) is 55.5 Å². The molecule has 1 unspecified atom stereocenters. The molecule has 0 radical (unpaired) electrons. The van der Waals surface area contributed by atoms with Crippen LogP contribution in [-0.2, 0) is 0 Å². The van der Waals surface area contributed by atoms with E-state index in [-0.39, 0.29) is 11.5 Å². The molecule has 2 aromatic rings. The van der Waals surface area contributed by atoms with Crippen molar-refractivity contribution in [3.63, 3.8) is 0 Å². The number of aliphatic hydroxyl groups excluding tert-OH is 1. The number of nitrogens with one attached hydrogen (secondary N) is 1. The van der Waals surface area contributed by atoms with Crippen LogP contribution in [0.4, 0.5) is 8.78 Å². The van der Waals surface area contributed by atoms with Gasteiger partial charge in [-0.15, -0.1) is 0 Å². The third-order valence-corrected chi connectivity index (χ3v) is 7.32. The van der Waals surface area contributed by atoms with E-state index in [1.807, 2.05) is 25.1 Å². The molecule has 1 amide bonds. The van der Waals surface area contributed by atoms with Crippen molar-refractivity contribution in [1.29, 1.82) is 0 Å². The summed E-state index contributed by atoms with van der Waals surface area (Å²) in [5.74, 6) is 0.429. The highest BCUT2D eigenvalue weighted by molar-refractivity contribution is 5.88. The van der Waals surface area contributed by atoms with Crippen LogP contribution in [-0.4, -0.2) is 67.0 Å². The van der Waals surface area contributed by atoms with Crippen molar-refractivity contribution in [3.05, 3.63) is 53.3 Å². The number of nitrogens with zero attached hydrogens (tertiary/aromatic N) is 1. The van der Waals surface area contributed by atoms with E-state index in [9.17, 15) is 18.7 Å². The lowest BCUT2D eigenvalue weighted by Gasteiger charge is -2.34. The van der Waals surface area contributed by atoms with Crippen molar-refractivity contribution in [1.82, 2.24) is 4.90 Å². The number of hydrogen-bond acceptors (Lipinski definition) is 4. The van der Waals surface area contributed by atoms with E-state index in [1.54, 1.807) is 26.0 Å². The van der Waals surface area contributed by atoms with Crippen LogP contribution in [0, 0.1) is 18.7 Å². The van der Waals surface area contributed by atoms with Crippen molar-refractivity contribution in [2.75, 3.05) is 39.3 Å². The highest BCUT2D eigenvalue weighted by atomic mass is 19.1. The lowest BCUT2D eigenvalue weighted by Crippen LogP contribution is -3.16. The SMILES string of the molecule is Cc1cc(-c2ccc(C(=O)[NH+]3CCC[C@@H](O)C3)c(F)c2)ccc1OCC1CCN(CC(C)(C)F)CC1. The minimum Gasteiger partial charge on any atom is -0.493 e.